The van der Waals surface area contributed by atoms with E-state index in [1.54, 1.807) is 36.7 Å². The lowest BCUT2D eigenvalue weighted by molar-refractivity contribution is -0.684. The summed E-state index contributed by atoms with van der Waals surface area (Å²) in [6, 6.07) is 6.14. The third-order valence-electron chi connectivity index (χ3n) is 2.85. The van der Waals surface area contributed by atoms with Crippen molar-refractivity contribution in [3.8, 4) is 0 Å². The van der Waals surface area contributed by atoms with Crippen molar-refractivity contribution < 1.29 is 23.4 Å². The molecule has 0 saturated heterocycles. The summed E-state index contributed by atoms with van der Waals surface area (Å²) in [6.45, 7) is 1.58. The number of furan rings is 1. The summed E-state index contributed by atoms with van der Waals surface area (Å²) in [5.41, 5.74) is 0.498. The van der Waals surface area contributed by atoms with Crippen molar-refractivity contribution in [2.24, 2.45) is 0 Å². The Bertz CT molecular complexity index is 680. The number of carbonyl (C=O) groups excluding carboxylic acids is 3. The molecule has 7 nitrogen and oxygen atoms in total. The molecule has 3 amide bonds. The normalized spacial score (nSPS) is 10.0. The standard InChI is InChI=1S/C15H15N3O4/c1-11(19)12-4-2-6-18(9-12)10-14(20)17-15(21)16-8-13-5-3-7-22-13/h2-7,9H,8,10H2,1H3,(H-,16,17,20,21)/p+1. The molecule has 2 aromatic heterocycles. The Morgan fingerprint density at radius 2 is 2.05 bits per heavy atom. The fraction of sp³-hybridized carbons (Fsp3) is 0.200. The highest BCUT2D eigenvalue weighted by Gasteiger charge is 2.14. The molecule has 0 bridgehead atoms. The molecular weight excluding hydrogens is 286 g/mol. The third-order valence-corrected chi connectivity index (χ3v) is 2.85. The number of aromatic nitrogens is 1. The van der Waals surface area contributed by atoms with Crippen LogP contribution >= 0.6 is 0 Å². The maximum Gasteiger partial charge on any atom is 0.322 e. The first kappa shape index (κ1) is 15.4. The minimum absolute atomic E-state index is 0.0602. The number of pyridine rings is 1. The highest BCUT2D eigenvalue weighted by atomic mass is 16.3. The Hall–Kier alpha value is -2.96. The smallest absolute Gasteiger partial charge is 0.322 e. The number of Topliss-reactive ketones (excluding diaryl/α,β-unsaturated/α-hetero) is 1. The van der Waals surface area contributed by atoms with E-state index in [1.807, 2.05) is 0 Å². The van der Waals surface area contributed by atoms with Gasteiger partial charge in [0.25, 0.3) is 5.91 Å². The van der Waals surface area contributed by atoms with E-state index in [4.69, 9.17) is 4.42 Å². The van der Waals surface area contributed by atoms with Gasteiger partial charge in [-0.25, -0.2) is 4.79 Å². The summed E-state index contributed by atoms with van der Waals surface area (Å²) in [7, 11) is 0. The molecule has 2 aromatic rings. The maximum absolute atomic E-state index is 11.8. The molecule has 0 fully saturated rings. The Morgan fingerprint density at radius 1 is 1.23 bits per heavy atom. The molecule has 0 unspecified atom stereocenters. The number of urea groups is 1. The highest BCUT2D eigenvalue weighted by molar-refractivity contribution is 5.94. The molecule has 22 heavy (non-hydrogen) atoms. The van der Waals surface area contributed by atoms with Gasteiger partial charge in [0.1, 0.15) is 5.76 Å². The lowest BCUT2D eigenvalue weighted by atomic mass is 10.2. The molecule has 114 valence electrons. The molecule has 0 aromatic carbocycles. The van der Waals surface area contributed by atoms with Gasteiger partial charge >= 0.3 is 6.03 Å². The monoisotopic (exact) mass is 302 g/mol. The van der Waals surface area contributed by atoms with Crippen molar-refractivity contribution in [3.05, 3.63) is 54.2 Å². The van der Waals surface area contributed by atoms with Crippen molar-refractivity contribution in [1.29, 1.82) is 0 Å². The molecule has 0 aliphatic heterocycles. The zero-order valence-electron chi connectivity index (χ0n) is 12.0. The number of ketones is 1. The lowest BCUT2D eigenvalue weighted by Crippen LogP contribution is -2.47. The predicted molar refractivity (Wildman–Crippen MR) is 75.7 cm³/mol. The van der Waals surface area contributed by atoms with Crippen LogP contribution in [0.25, 0.3) is 0 Å². The van der Waals surface area contributed by atoms with Gasteiger partial charge in [0.05, 0.1) is 18.4 Å². The first-order chi connectivity index (χ1) is 10.5. The van der Waals surface area contributed by atoms with Gasteiger partial charge in [-0.15, -0.1) is 0 Å². The van der Waals surface area contributed by atoms with E-state index in [0.717, 1.165) is 0 Å². The van der Waals surface area contributed by atoms with E-state index in [-0.39, 0.29) is 18.9 Å². The van der Waals surface area contributed by atoms with Crippen molar-refractivity contribution in [2.75, 3.05) is 0 Å². The van der Waals surface area contributed by atoms with Crippen LogP contribution in [0, 0.1) is 0 Å². The van der Waals surface area contributed by atoms with Gasteiger partial charge in [-0.05, 0) is 25.1 Å². The van der Waals surface area contributed by atoms with Gasteiger partial charge in [0.2, 0.25) is 6.54 Å². The number of carbonyl (C=O) groups is 3. The number of nitrogens with zero attached hydrogens (tertiary/aromatic N) is 1. The second kappa shape index (κ2) is 7.16. The molecule has 0 aliphatic rings. The zero-order chi connectivity index (χ0) is 15.9. The van der Waals surface area contributed by atoms with Crippen LogP contribution in [0.5, 0.6) is 0 Å². The second-order valence-electron chi connectivity index (χ2n) is 4.63. The van der Waals surface area contributed by atoms with Crippen LogP contribution in [0.3, 0.4) is 0 Å². The molecule has 0 aliphatic carbocycles. The molecule has 0 saturated carbocycles. The summed E-state index contributed by atoms with van der Waals surface area (Å²) in [4.78, 5) is 34.6. The minimum Gasteiger partial charge on any atom is -0.467 e. The van der Waals surface area contributed by atoms with E-state index in [0.29, 0.717) is 11.3 Å². The van der Waals surface area contributed by atoms with Crippen LogP contribution in [0.4, 0.5) is 4.79 Å². The first-order valence-corrected chi connectivity index (χ1v) is 6.64. The van der Waals surface area contributed by atoms with E-state index in [1.165, 1.54) is 17.8 Å². The molecular formula is C15H16N3O4+. The number of rotatable bonds is 5. The van der Waals surface area contributed by atoms with E-state index in [2.05, 4.69) is 10.6 Å². The summed E-state index contributed by atoms with van der Waals surface area (Å²) in [5, 5.41) is 4.71. The first-order valence-electron chi connectivity index (χ1n) is 6.64. The minimum atomic E-state index is -0.607. The number of hydrogen-bond acceptors (Lipinski definition) is 4. The molecule has 2 N–H and O–H groups in total. The molecule has 0 radical (unpaired) electrons. The number of hydrogen-bond donors (Lipinski definition) is 2. The SMILES string of the molecule is CC(=O)c1ccc[n+](CC(=O)NC(=O)NCc2ccco2)c1. The quantitative estimate of drug-likeness (QED) is 0.631. The molecule has 2 heterocycles. The molecule has 2 rings (SSSR count). The highest BCUT2D eigenvalue weighted by Crippen LogP contribution is 1.98. The Kier molecular flexibility index (Phi) is 5.02. The van der Waals surface area contributed by atoms with Crippen molar-refractivity contribution in [2.45, 2.75) is 20.0 Å². The van der Waals surface area contributed by atoms with Crippen LogP contribution in [-0.2, 0) is 17.9 Å². The van der Waals surface area contributed by atoms with Crippen LogP contribution in [0.2, 0.25) is 0 Å². The van der Waals surface area contributed by atoms with Gasteiger partial charge in [0, 0.05) is 6.07 Å². The topological polar surface area (TPSA) is 92.3 Å². The summed E-state index contributed by atoms with van der Waals surface area (Å²) >= 11 is 0. The van der Waals surface area contributed by atoms with Crippen LogP contribution in [-0.4, -0.2) is 17.7 Å². The number of nitrogens with one attached hydrogen (secondary N) is 2. The Morgan fingerprint density at radius 3 is 2.73 bits per heavy atom. The zero-order valence-corrected chi connectivity index (χ0v) is 12.0. The largest absolute Gasteiger partial charge is 0.467 e. The van der Waals surface area contributed by atoms with Gasteiger partial charge < -0.3 is 9.73 Å². The summed E-state index contributed by atoms with van der Waals surface area (Å²) < 4.78 is 6.59. The Balaban J connectivity index is 1.83. The summed E-state index contributed by atoms with van der Waals surface area (Å²) in [6.07, 6.45) is 4.70. The molecule has 0 atom stereocenters. The van der Waals surface area contributed by atoms with Gasteiger partial charge in [-0.2, -0.15) is 4.57 Å². The van der Waals surface area contributed by atoms with Crippen LogP contribution < -0.4 is 15.2 Å². The third kappa shape index (κ3) is 4.55. The van der Waals surface area contributed by atoms with Crippen LogP contribution in [0.1, 0.15) is 23.0 Å². The fourth-order valence-electron chi connectivity index (χ4n) is 1.79. The number of imide groups is 1. The van der Waals surface area contributed by atoms with Crippen molar-refractivity contribution >= 4 is 17.7 Å². The number of amides is 3. The second-order valence-corrected chi connectivity index (χ2v) is 4.63. The van der Waals surface area contributed by atoms with E-state index >= 15 is 0 Å². The average Bonchev–Trinajstić information content (AvgIpc) is 2.98. The van der Waals surface area contributed by atoms with Gasteiger partial charge in [0.15, 0.2) is 18.2 Å². The lowest BCUT2D eigenvalue weighted by Gasteiger charge is -2.04. The maximum atomic E-state index is 11.8. The fourth-order valence-corrected chi connectivity index (χ4v) is 1.79. The van der Waals surface area contributed by atoms with E-state index in [9.17, 15) is 14.4 Å². The predicted octanol–water partition coefficient (Wildman–Crippen LogP) is 0.796. The molecule has 7 heteroatoms. The van der Waals surface area contributed by atoms with E-state index < -0.39 is 11.9 Å². The Labute approximate surface area is 126 Å². The van der Waals surface area contributed by atoms with Crippen molar-refractivity contribution in [3.63, 3.8) is 0 Å². The van der Waals surface area contributed by atoms with Gasteiger partial charge in [-0.3, -0.25) is 14.9 Å². The van der Waals surface area contributed by atoms with Gasteiger partial charge in [-0.1, -0.05) is 0 Å². The summed E-state index contributed by atoms with van der Waals surface area (Å²) in [5.74, 6) is 0.0136. The van der Waals surface area contributed by atoms with Crippen molar-refractivity contribution in [1.82, 2.24) is 10.6 Å². The average molecular weight is 302 g/mol. The molecule has 0 spiro atoms. The van der Waals surface area contributed by atoms with Crippen LogP contribution in [0.15, 0.2) is 47.3 Å².